The minimum Gasteiger partial charge on any atom is -0.383 e. The number of hydrogen-bond acceptors (Lipinski definition) is 5. The van der Waals surface area contributed by atoms with Gasteiger partial charge in [-0.2, -0.15) is 0 Å². The molecule has 2 N–H and O–H groups in total. The van der Waals surface area contributed by atoms with Crippen LogP contribution in [0.4, 0.5) is 5.82 Å². The van der Waals surface area contributed by atoms with Crippen LogP contribution >= 0.6 is 11.3 Å². The molecule has 0 aliphatic heterocycles. The third kappa shape index (κ3) is 3.46. The molecule has 2 aromatic rings. The Morgan fingerprint density at radius 1 is 1.25 bits per heavy atom. The van der Waals surface area contributed by atoms with Crippen molar-refractivity contribution in [1.82, 2.24) is 9.97 Å². The van der Waals surface area contributed by atoms with E-state index in [0.29, 0.717) is 18.2 Å². The Kier molecular flexibility index (Phi) is 4.94. The molecule has 0 fully saturated rings. The van der Waals surface area contributed by atoms with Gasteiger partial charge in [0, 0.05) is 11.5 Å². The number of fused-ring (bicyclic) bond motifs is 1. The predicted octanol–water partition coefficient (Wildman–Crippen LogP) is 3.84. The van der Waals surface area contributed by atoms with Crippen LogP contribution in [0.25, 0.3) is 10.2 Å². The quantitative estimate of drug-likeness (QED) is 0.822. The largest absolute Gasteiger partial charge is 0.383 e. The normalized spacial score (nSPS) is 11.7. The van der Waals surface area contributed by atoms with Crippen LogP contribution in [0, 0.1) is 19.8 Å². The summed E-state index contributed by atoms with van der Waals surface area (Å²) in [5.74, 6) is 1.97. The minimum absolute atomic E-state index is 0.439. The molecule has 0 saturated carbocycles. The fraction of sp³-hybridized carbons (Fsp3) is 0.600. The smallest absolute Gasteiger partial charge is 0.158 e. The maximum Gasteiger partial charge on any atom is 0.158 e. The van der Waals surface area contributed by atoms with E-state index in [9.17, 15) is 0 Å². The maximum absolute atomic E-state index is 6.04. The van der Waals surface area contributed by atoms with Gasteiger partial charge in [-0.1, -0.05) is 13.8 Å². The number of thiophene rings is 1. The standard InChI is InChI=1S/C15H23N3OS/c1-9(2)6-5-7-19-8-12-17-14(16)13-10(3)11(4)20-15(13)18-12/h9H,5-8H2,1-4H3,(H2,16,17,18). The van der Waals surface area contributed by atoms with E-state index in [1.54, 1.807) is 11.3 Å². The van der Waals surface area contributed by atoms with Gasteiger partial charge in [0.05, 0.1) is 5.39 Å². The summed E-state index contributed by atoms with van der Waals surface area (Å²) in [5.41, 5.74) is 7.23. The number of nitrogens with two attached hydrogens (primary N) is 1. The van der Waals surface area contributed by atoms with Crippen LogP contribution < -0.4 is 5.73 Å². The second-order valence-electron chi connectivity index (χ2n) is 5.58. The Bertz CT molecular complexity index is 592. The van der Waals surface area contributed by atoms with Gasteiger partial charge < -0.3 is 10.5 Å². The molecular weight excluding hydrogens is 270 g/mol. The summed E-state index contributed by atoms with van der Waals surface area (Å²) < 4.78 is 5.64. The molecule has 0 radical (unpaired) electrons. The number of hydrogen-bond donors (Lipinski definition) is 1. The van der Waals surface area contributed by atoms with E-state index in [1.165, 1.54) is 16.9 Å². The Morgan fingerprint density at radius 3 is 2.70 bits per heavy atom. The Labute approximate surface area is 124 Å². The van der Waals surface area contributed by atoms with E-state index in [4.69, 9.17) is 10.5 Å². The van der Waals surface area contributed by atoms with Crippen molar-refractivity contribution >= 4 is 27.4 Å². The Hall–Kier alpha value is -1.20. The van der Waals surface area contributed by atoms with Crippen molar-refractivity contribution in [2.24, 2.45) is 5.92 Å². The van der Waals surface area contributed by atoms with Crippen molar-refractivity contribution in [3.05, 3.63) is 16.3 Å². The van der Waals surface area contributed by atoms with Gasteiger partial charge >= 0.3 is 0 Å². The molecule has 2 aromatic heterocycles. The number of ether oxygens (including phenoxy) is 1. The number of anilines is 1. The van der Waals surface area contributed by atoms with Crippen LogP contribution in [0.1, 0.15) is 43.0 Å². The van der Waals surface area contributed by atoms with Crippen molar-refractivity contribution in [2.45, 2.75) is 47.1 Å². The monoisotopic (exact) mass is 293 g/mol. The van der Waals surface area contributed by atoms with Crippen molar-refractivity contribution in [1.29, 1.82) is 0 Å². The molecule has 0 aliphatic rings. The summed E-state index contributed by atoms with van der Waals surface area (Å²) in [7, 11) is 0. The zero-order valence-electron chi connectivity index (χ0n) is 12.7. The molecule has 0 saturated heterocycles. The van der Waals surface area contributed by atoms with Crippen molar-refractivity contribution in [2.75, 3.05) is 12.3 Å². The summed E-state index contributed by atoms with van der Waals surface area (Å²) in [4.78, 5) is 11.1. The molecule has 0 aromatic carbocycles. The van der Waals surface area contributed by atoms with E-state index in [1.807, 2.05) is 0 Å². The van der Waals surface area contributed by atoms with Gasteiger partial charge in [-0.25, -0.2) is 9.97 Å². The molecule has 5 heteroatoms. The number of rotatable bonds is 6. The Balaban J connectivity index is 2.01. The molecule has 0 atom stereocenters. The first-order chi connectivity index (χ1) is 9.49. The SMILES string of the molecule is Cc1sc2nc(COCCCC(C)C)nc(N)c2c1C. The first-order valence-electron chi connectivity index (χ1n) is 7.09. The van der Waals surface area contributed by atoms with Gasteiger partial charge in [-0.3, -0.25) is 0 Å². The van der Waals surface area contributed by atoms with E-state index < -0.39 is 0 Å². The highest BCUT2D eigenvalue weighted by Crippen LogP contribution is 2.31. The van der Waals surface area contributed by atoms with Gasteiger partial charge in [0.15, 0.2) is 5.82 Å². The second kappa shape index (κ2) is 6.50. The van der Waals surface area contributed by atoms with Crippen LogP contribution in [0.3, 0.4) is 0 Å². The molecule has 110 valence electrons. The van der Waals surface area contributed by atoms with Gasteiger partial charge in [0.25, 0.3) is 0 Å². The number of aryl methyl sites for hydroxylation is 2. The van der Waals surface area contributed by atoms with Crippen molar-refractivity contribution in [3.8, 4) is 0 Å². The third-order valence-corrected chi connectivity index (χ3v) is 4.51. The minimum atomic E-state index is 0.439. The van der Waals surface area contributed by atoms with Crippen LogP contribution in [0.15, 0.2) is 0 Å². The first-order valence-corrected chi connectivity index (χ1v) is 7.90. The zero-order chi connectivity index (χ0) is 14.7. The molecule has 4 nitrogen and oxygen atoms in total. The summed E-state index contributed by atoms with van der Waals surface area (Å²) in [6, 6.07) is 0. The summed E-state index contributed by atoms with van der Waals surface area (Å²) in [5, 5.41) is 0.996. The Morgan fingerprint density at radius 2 is 2.00 bits per heavy atom. The van der Waals surface area contributed by atoms with E-state index in [2.05, 4.69) is 37.7 Å². The van der Waals surface area contributed by atoms with E-state index >= 15 is 0 Å². The molecule has 0 aliphatic carbocycles. The predicted molar refractivity (Wildman–Crippen MR) is 85.0 cm³/mol. The van der Waals surface area contributed by atoms with Gasteiger partial charge in [0.1, 0.15) is 17.3 Å². The highest BCUT2D eigenvalue weighted by Gasteiger charge is 2.12. The average Bonchev–Trinajstić information content (AvgIpc) is 2.64. The van der Waals surface area contributed by atoms with E-state index in [0.717, 1.165) is 29.2 Å². The average molecular weight is 293 g/mol. The molecule has 0 spiro atoms. The van der Waals surface area contributed by atoms with E-state index in [-0.39, 0.29) is 0 Å². The lowest BCUT2D eigenvalue weighted by atomic mass is 10.1. The number of aromatic nitrogens is 2. The molecule has 0 amide bonds. The fourth-order valence-electron chi connectivity index (χ4n) is 2.15. The highest BCUT2D eigenvalue weighted by atomic mass is 32.1. The lowest BCUT2D eigenvalue weighted by molar-refractivity contribution is 0.110. The zero-order valence-corrected chi connectivity index (χ0v) is 13.5. The summed E-state index contributed by atoms with van der Waals surface area (Å²) >= 11 is 1.67. The number of nitrogens with zero attached hydrogens (tertiary/aromatic N) is 2. The van der Waals surface area contributed by atoms with Crippen LogP contribution in [0.2, 0.25) is 0 Å². The molecule has 2 rings (SSSR count). The van der Waals surface area contributed by atoms with Gasteiger partial charge in [-0.15, -0.1) is 11.3 Å². The van der Waals surface area contributed by atoms with Gasteiger partial charge in [0.2, 0.25) is 0 Å². The van der Waals surface area contributed by atoms with Crippen LogP contribution in [-0.2, 0) is 11.3 Å². The lowest BCUT2D eigenvalue weighted by Crippen LogP contribution is -2.04. The molecule has 20 heavy (non-hydrogen) atoms. The summed E-state index contributed by atoms with van der Waals surface area (Å²) in [6.45, 7) is 9.79. The molecule has 2 heterocycles. The second-order valence-corrected chi connectivity index (χ2v) is 6.78. The molecule has 0 unspecified atom stereocenters. The third-order valence-electron chi connectivity index (χ3n) is 3.40. The summed E-state index contributed by atoms with van der Waals surface area (Å²) in [6.07, 6.45) is 2.26. The maximum atomic E-state index is 6.04. The topological polar surface area (TPSA) is 61.0 Å². The molecule has 0 bridgehead atoms. The fourth-order valence-corrected chi connectivity index (χ4v) is 3.20. The van der Waals surface area contributed by atoms with Gasteiger partial charge in [-0.05, 0) is 38.2 Å². The number of nitrogen functional groups attached to an aromatic ring is 1. The molecular formula is C15H23N3OS. The van der Waals surface area contributed by atoms with Crippen molar-refractivity contribution < 1.29 is 4.74 Å². The lowest BCUT2D eigenvalue weighted by Gasteiger charge is -2.06. The highest BCUT2D eigenvalue weighted by molar-refractivity contribution is 7.18. The van der Waals surface area contributed by atoms with Crippen LogP contribution in [0.5, 0.6) is 0 Å². The van der Waals surface area contributed by atoms with Crippen molar-refractivity contribution in [3.63, 3.8) is 0 Å². The van der Waals surface area contributed by atoms with Crippen LogP contribution in [-0.4, -0.2) is 16.6 Å². The first kappa shape index (κ1) is 15.2.